The third-order valence-corrected chi connectivity index (χ3v) is 4.93. The van der Waals surface area contributed by atoms with E-state index in [-0.39, 0.29) is 6.04 Å². The van der Waals surface area contributed by atoms with Gasteiger partial charge in [-0.25, -0.2) is 0 Å². The fourth-order valence-corrected chi connectivity index (χ4v) is 3.84. The quantitative estimate of drug-likeness (QED) is 0.930. The van der Waals surface area contributed by atoms with Crippen molar-refractivity contribution < 1.29 is 0 Å². The molecule has 0 bridgehead atoms. The fourth-order valence-electron chi connectivity index (χ4n) is 2.95. The van der Waals surface area contributed by atoms with Crippen molar-refractivity contribution in [2.24, 2.45) is 12.8 Å². The highest BCUT2D eigenvalue weighted by molar-refractivity contribution is 7.10. The molecule has 1 unspecified atom stereocenters. The molecule has 1 aliphatic rings. The highest BCUT2D eigenvalue weighted by Crippen LogP contribution is 2.30. The van der Waals surface area contributed by atoms with Crippen LogP contribution in [0.5, 0.6) is 0 Å². The normalized spacial score (nSPS) is 17.4. The third kappa shape index (κ3) is 2.33. The lowest BCUT2D eigenvalue weighted by molar-refractivity contribution is 0.184. The summed E-state index contributed by atoms with van der Waals surface area (Å²) in [6.07, 6.45) is 3.25. The van der Waals surface area contributed by atoms with Gasteiger partial charge in [0.1, 0.15) is 0 Å². The van der Waals surface area contributed by atoms with E-state index in [1.165, 1.54) is 16.0 Å². The van der Waals surface area contributed by atoms with Crippen LogP contribution in [0.4, 0.5) is 0 Å². The molecule has 3 heterocycles. The van der Waals surface area contributed by atoms with E-state index in [9.17, 15) is 0 Å². The summed E-state index contributed by atoms with van der Waals surface area (Å²) in [6, 6.07) is 2.53. The minimum Gasteiger partial charge on any atom is -0.329 e. The minimum absolute atomic E-state index is 0.279. The summed E-state index contributed by atoms with van der Waals surface area (Å²) in [4.78, 5) is 4.02. The Morgan fingerprint density at radius 3 is 3.05 bits per heavy atom. The zero-order valence-electron chi connectivity index (χ0n) is 11.5. The first-order valence-electron chi connectivity index (χ1n) is 6.68. The molecule has 2 aromatic rings. The van der Waals surface area contributed by atoms with Crippen molar-refractivity contribution in [3.63, 3.8) is 0 Å². The number of thiophene rings is 1. The highest BCUT2D eigenvalue weighted by Gasteiger charge is 2.26. The number of rotatable bonds is 3. The summed E-state index contributed by atoms with van der Waals surface area (Å²) in [7, 11) is 1.97. The Kier molecular flexibility index (Phi) is 3.43. The zero-order chi connectivity index (χ0) is 13.4. The SMILES string of the molecule is Cc1nn(C)cc1C(CN)N1CCc2sccc2C1. The molecule has 0 spiro atoms. The number of aryl methyl sites for hydroxylation is 2. The first-order valence-corrected chi connectivity index (χ1v) is 7.56. The molecular formula is C14H20N4S. The molecule has 0 aliphatic carbocycles. The van der Waals surface area contributed by atoms with Gasteiger partial charge in [-0.15, -0.1) is 11.3 Å². The molecule has 5 heteroatoms. The fraction of sp³-hybridized carbons (Fsp3) is 0.500. The van der Waals surface area contributed by atoms with Crippen LogP contribution in [0.25, 0.3) is 0 Å². The van der Waals surface area contributed by atoms with Crippen molar-refractivity contribution in [3.8, 4) is 0 Å². The standard InChI is InChI=1S/C14H20N4S/c1-10-12(9-17(2)16-10)13(7-15)18-5-3-14-11(8-18)4-6-19-14/h4,6,9,13H,3,5,7-8,15H2,1-2H3. The molecule has 3 rings (SSSR count). The van der Waals surface area contributed by atoms with E-state index in [0.29, 0.717) is 6.54 Å². The van der Waals surface area contributed by atoms with Gasteiger partial charge in [0.15, 0.2) is 0 Å². The summed E-state index contributed by atoms with van der Waals surface area (Å²) >= 11 is 1.88. The Morgan fingerprint density at radius 2 is 2.37 bits per heavy atom. The van der Waals surface area contributed by atoms with Gasteiger partial charge in [0, 0.05) is 43.3 Å². The number of aromatic nitrogens is 2. The Hall–Kier alpha value is -1.17. The molecule has 4 nitrogen and oxygen atoms in total. The van der Waals surface area contributed by atoms with E-state index in [1.807, 2.05) is 23.1 Å². The molecule has 2 aromatic heterocycles. The van der Waals surface area contributed by atoms with Gasteiger partial charge in [0.25, 0.3) is 0 Å². The molecule has 1 aliphatic heterocycles. The Labute approximate surface area is 117 Å². The Bertz CT molecular complexity index is 572. The monoisotopic (exact) mass is 276 g/mol. The van der Waals surface area contributed by atoms with Crippen LogP contribution in [0.2, 0.25) is 0 Å². The summed E-state index contributed by atoms with van der Waals surface area (Å²) < 4.78 is 1.88. The maximum atomic E-state index is 6.03. The van der Waals surface area contributed by atoms with Crippen LogP contribution in [-0.2, 0) is 20.0 Å². The van der Waals surface area contributed by atoms with E-state index in [2.05, 4.69) is 34.6 Å². The summed E-state index contributed by atoms with van der Waals surface area (Å²) in [5.41, 5.74) is 9.86. The number of hydrogen-bond acceptors (Lipinski definition) is 4. The number of nitrogens with zero attached hydrogens (tertiary/aromatic N) is 3. The number of nitrogens with two attached hydrogens (primary N) is 1. The second kappa shape index (κ2) is 5.07. The average Bonchev–Trinajstić information content (AvgIpc) is 2.97. The van der Waals surface area contributed by atoms with Crippen LogP contribution in [0.15, 0.2) is 17.6 Å². The summed E-state index contributed by atoms with van der Waals surface area (Å²) in [5.74, 6) is 0. The van der Waals surface area contributed by atoms with Crippen LogP contribution in [0.3, 0.4) is 0 Å². The lowest BCUT2D eigenvalue weighted by atomic mass is 10.0. The van der Waals surface area contributed by atoms with Crippen molar-refractivity contribution >= 4 is 11.3 Å². The molecule has 1 atom stereocenters. The van der Waals surface area contributed by atoms with Crippen LogP contribution >= 0.6 is 11.3 Å². The maximum Gasteiger partial charge on any atom is 0.0641 e. The smallest absolute Gasteiger partial charge is 0.0641 e. The lowest BCUT2D eigenvalue weighted by Crippen LogP contribution is -2.37. The van der Waals surface area contributed by atoms with Gasteiger partial charge in [0.05, 0.1) is 11.7 Å². The Morgan fingerprint density at radius 1 is 1.53 bits per heavy atom. The van der Waals surface area contributed by atoms with Crippen LogP contribution in [-0.4, -0.2) is 27.8 Å². The van der Waals surface area contributed by atoms with Crippen LogP contribution in [0.1, 0.15) is 27.7 Å². The molecule has 0 saturated carbocycles. The lowest BCUT2D eigenvalue weighted by Gasteiger charge is -2.33. The van der Waals surface area contributed by atoms with E-state index >= 15 is 0 Å². The second-order valence-corrected chi connectivity index (χ2v) is 6.19. The van der Waals surface area contributed by atoms with Gasteiger partial charge in [-0.05, 0) is 30.4 Å². The first kappa shape index (κ1) is 12.8. The van der Waals surface area contributed by atoms with Crippen molar-refractivity contribution in [2.75, 3.05) is 13.1 Å². The number of hydrogen-bond donors (Lipinski definition) is 1. The molecule has 19 heavy (non-hydrogen) atoms. The van der Waals surface area contributed by atoms with Gasteiger partial charge >= 0.3 is 0 Å². The molecule has 2 N–H and O–H groups in total. The van der Waals surface area contributed by atoms with Crippen LogP contribution in [0, 0.1) is 6.92 Å². The third-order valence-electron chi connectivity index (χ3n) is 3.91. The summed E-state index contributed by atoms with van der Waals surface area (Å²) in [5, 5.41) is 6.64. The Balaban J connectivity index is 1.86. The van der Waals surface area contributed by atoms with Gasteiger partial charge in [-0.2, -0.15) is 5.10 Å². The topological polar surface area (TPSA) is 47.1 Å². The molecule has 0 aromatic carbocycles. The number of fused-ring (bicyclic) bond motifs is 1. The van der Waals surface area contributed by atoms with Crippen molar-refractivity contribution in [2.45, 2.75) is 25.9 Å². The molecule has 0 radical (unpaired) electrons. The first-order chi connectivity index (χ1) is 9.19. The van der Waals surface area contributed by atoms with Gasteiger partial charge in [-0.1, -0.05) is 0 Å². The summed E-state index contributed by atoms with van der Waals surface area (Å²) in [6.45, 7) is 4.81. The maximum absolute atomic E-state index is 6.03. The zero-order valence-corrected chi connectivity index (χ0v) is 12.3. The average molecular weight is 276 g/mol. The van der Waals surface area contributed by atoms with E-state index in [4.69, 9.17) is 5.73 Å². The van der Waals surface area contributed by atoms with Gasteiger partial charge in [0.2, 0.25) is 0 Å². The van der Waals surface area contributed by atoms with Gasteiger partial charge in [-0.3, -0.25) is 9.58 Å². The predicted molar refractivity (Wildman–Crippen MR) is 78.2 cm³/mol. The van der Waals surface area contributed by atoms with Crippen molar-refractivity contribution in [1.82, 2.24) is 14.7 Å². The van der Waals surface area contributed by atoms with Crippen molar-refractivity contribution in [3.05, 3.63) is 39.3 Å². The van der Waals surface area contributed by atoms with Gasteiger partial charge < -0.3 is 5.73 Å². The largest absolute Gasteiger partial charge is 0.329 e. The second-order valence-electron chi connectivity index (χ2n) is 5.18. The molecule has 0 amide bonds. The predicted octanol–water partition coefficient (Wildman–Crippen LogP) is 1.85. The highest BCUT2D eigenvalue weighted by atomic mass is 32.1. The molecule has 102 valence electrons. The van der Waals surface area contributed by atoms with E-state index in [0.717, 1.165) is 25.2 Å². The van der Waals surface area contributed by atoms with E-state index in [1.54, 1.807) is 0 Å². The van der Waals surface area contributed by atoms with E-state index < -0.39 is 0 Å². The molecule has 0 saturated heterocycles. The molecule has 0 fully saturated rings. The van der Waals surface area contributed by atoms with Crippen LogP contribution < -0.4 is 5.73 Å². The molecular weight excluding hydrogens is 256 g/mol. The van der Waals surface area contributed by atoms with Crippen molar-refractivity contribution in [1.29, 1.82) is 0 Å². The minimum atomic E-state index is 0.279.